The molecular weight excluding hydrogens is 334 g/mol. The average molecular weight is 354 g/mol. The molecule has 1 aliphatic heterocycles. The first-order chi connectivity index (χ1) is 11.4. The molecule has 0 amide bonds. The van der Waals surface area contributed by atoms with Gasteiger partial charge in [0.15, 0.2) is 0 Å². The van der Waals surface area contributed by atoms with E-state index >= 15 is 0 Å². The summed E-state index contributed by atoms with van der Waals surface area (Å²) in [4.78, 5) is 25.8. The number of hydrogen-bond donors (Lipinski definition) is 3. The maximum absolute atomic E-state index is 9.55. The molecule has 1 aliphatic carbocycles. The molecule has 1 saturated carbocycles. The first-order valence-electron chi connectivity index (χ1n) is 7.65. The van der Waals surface area contributed by atoms with Crippen LogP contribution in [0.25, 0.3) is 0 Å². The minimum atomic E-state index is -1.26. The Morgan fingerprint density at radius 3 is 2.50 bits per heavy atom. The number of pyridine rings is 1. The van der Waals surface area contributed by atoms with E-state index in [-0.39, 0.29) is 0 Å². The quantitative estimate of drug-likeness (QED) is 0.690. The lowest BCUT2D eigenvalue weighted by molar-refractivity contribution is -0.134. The zero-order valence-corrected chi connectivity index (χ0v) is 13.8. The van der Waals surface area contributed by atoms with E-state index < -0.39 is 11.9 Å². The smallest absolute Gasteiger partial charge is 0.328 e. The molecule has 8 heteroatoms. The standard InChI is InChI=1S/C12H16ClN3.C4H4O4/c13-9-5-11(7-15-6-9)16-10(1-2-14)3-8-4-12(8)16;5-3(6)1-2-4(7)8/h5-8,10,12H,1-4,14H2;1-2H,(H,5,6)(H,7,8). The molecule has 3 unspecified atom stereocenters. The molecule has 2 fully saturated rings. The summed E-state index contributed by atoms with van der Waals surface area (Å²) in [6, 6.07) is 3.32. The number of piperidine rings is 1. The van der Waals surface area contributed by atoms with Gasteiger partial charge in [0.1, 0.15) is 0 Å². The molecule has 2 aliphatic rings. The fourth-order valence-electron chi connectivity index (χ4n) is 3.10. The topological polar surface area (TPSA) is 117 Å². The van der Waals surface area contributed by atoms with Gasteiger partial charge in [-0.3, -0.25) is 4.98 Å². The minimum Gasteiger partial charge on any atom is -0.478 e. The molecule has 2 heterocycles. The minimum absolute atomic E-state index is 0.558. The zero-order valence-electron chi connectivity index (χ0n) is 13.0. The molecule has 0 aromatic carbocycles. The van der Waals surface area contributed by atoms with Gasteiger partial charge in [0.2, 0.25) is 0 Å². The van der Waals surface area contributed by atoms with Crippen LogP contribution in [0.2, 0.25) is 5.02 Å². The third kappa shape index (κ3) is 4.94. The van der Waals surface area contributed by atoms with Crippen LogP contribution in [0.5, 0.6) is 0 Å². The summed E-state index contributed by atoms with van der Waals surface area (Å²) in [5.41, 5.74) is 6.83. The third-order valence-electron chi connectivity index (χ3n) is 4.07. The highest BCUT2D eigenvalue weighted by Crippen LogP contribution is 2.50. The van der Waals surface area contributed by atoms with Crippen LogP contribution < -0.4 is 10.6 Å². The Morgan fingerprint density at radius 2 is 1.96 bits per heavy atom. The number of nitrogens with zero attached hydrogens (tertiary/aromatic N) is 2. The first-order valence-corrected chi connectivity index (χ1v) is 8.03. The van der Waals surface area contributed by atoms with Crippen LogP contribution in [0.1, 0.15) is 19.3 Å². The van der Waals surface area contributed by atoms with Gasteiger partial charge in [-0.05, 0) is 37.8 Å². The molecule has 1 aromatic rings. The second kappa shape index (κ2) is 8.12. The SMILES string of the molecule is NCCC1CC2CC2N1c1cncc(Cl)c1.O=C(O)C=CC(=O)O. The van der Waals surface area contributed by atoms with Gasteiger partial charge in [-0.25, -0.2) is 9.59 Å². The molecule has 24 heavy (non-hydrogen) atoms. The van der Waals surface area contributed by atoms with E-state index in [0.717, 1.165) is 30.6 Å². The number of carboxylic acid groups (broad SMARTS) is 2. The van der Waals surface area contributed by atoms with Crippen molar-refractivity contribution >= 4 is 29.2 Å². The van der Waals surface area contributed by atoms with Crippen molar-refractivity contribution in [1.82, 2.24) is 4.98 Å². The lowest BCUT2D eigenvalue weighted by Crippen LogP contribution is -2.34. The van der Waals surface area contributed by atoms with E-state index in [1.54, 1.807) is 6.20 Å². The number of carbonyl (C=O) groups is 2. The second-order valence-corrected chi connectivity index (χ2v) is 6.24. The van der Waals surface area contributed by atoms with Gasteiger partial charge in [-0.2, -0.15) is 0 Å². The van der Waals surface area contributed by atoms with Gasteiger partial charge in [0.05, 0.1) is 16.9 Å². The average Bonchev–Trinajstić information content (AvgIpc) is 3.17. The van der Waals surface area contributed by atoms with Gasteiger partial charge < -0.3 is 20.8 Å². The number of halogens is 1. The molecule has 1 saturated heterocycles. The van der Waals surface area contributed by atoms with Crippen LogP contribution in [0.3, 0.4) is 0 Å². The van der Waals surface area contributed by atoms with Crippen molar-refractivity contribution in [2.24, 2.45) is 11.7 Å². The number of fused-ring (bicyclic) bond motifs is 1. The molecule has 130 valence electrons. The summed E-state index contributed by atoms with van der Waals surface area (Å²) in [5.74, 6) is -1.63. The Balaban J connectivity index is 0.000000224. The summed E-state index contributed by atoms with van der Waals surface area (Å²) in [6.07, 6.45) is 8.39. The Bertz CT molecular complexity index is 622. The number of nitrogens with two attached hydrogens (primary N) is 1. The molecule has 4 N–H and O–H groups in total. The van der Waals surface area contributed by atoms with Crippen LogP contribution in [-0.4, -0.2) is 45.8 Å². The van der Waals surface area contributed by atoms with E-state index in [1.807, 2.05) is 12.3 Å². The van der Waals surface area contributed by atoms with Gasteiger partial charge in [-0.15, -0.1) is 0 Å². The van der Waals surface area contributed by atoms with Crippen LogP contribution in [0.15, 0.2) is 30.6 Å². The van der Waals surface area contributed by atoms with Crippen LogP contribution in [0.4, 0.5) is 5.69 Å². The predicted octanol–water partition coefficient (Wildman–Crippen LogP) is 1.76. The van der Waals surface area contributed by atoms with E-state index in [4.69, 9.17) is 27.5 Å². The number of carboxylic acids is 2. The van der Waals surface area contributed by atoms with Crippen molar-refractivity contribution in [3.05, 3.63) is 35.6 Å². The second-order valence-electron chi connectivity index (χ2n) is 5.81. The molecule has 3 atom stereocenters. The summed E-state index contributed by atoms with van der Waals surface area (Å²) >= 11 is 6.00. The van der Waals surface area contributed by atoms with Crippen LogP contribution in [0, 0.1) is 5.92 Å². The van der Waals surface area contributed by atoms with Crippen LogP contribution in [-0.2, 0) is 9.59 Å². The Hall–Kier alpha value is -2.12. The van der Waals surface area contributed by atoms with E-state index in [0.29, 0.717) is 23.2 Å². The molecule has 0 spiro atoms. The monoisotopic (exact) mass is 353 g/mol. The van der Waals surface area contributed by atoms with E-state index in [2.05, 4.69) is 9.88 Å². The van der Waals surface area contributed by atoms with Crippen molar-refractivity contribution in [3.63, 3.8) is 0 Å². The van der Waals surface area contributed by atoms with Crippen molar-refractivity contribution in [1.29, 1.82) is 0 Å². The third-order valence-corrected chi connectivity index (χ3v) is 4.27. The largest absolute Gasteiger partial charge is 0.478 e. The Morgan fingerprint density at radius 1 is 1.29 bits per heavy atom. The molecular formula is C16H20ClN3O4. The highest BCUT2D eigenvalue weighted by molar-refractivity contribution is 6.30. The Labute approximate surface area is 144 Å². The van der Waals surface area contributed by atoms with Gasteiger partial charge in [-0.1, -0.05) is 11.6 Å². The normalized spacial score (nSPS) is 24.2. The van der Waals surface area contributed by atoms with Crippen molar-refractivity contribution in [2.45, 2.75) is 31.3 Å². The summed E-state index contributed by atoms with van der Waals surface area (Å²) in [7, 11) is 0. The molecule has 3 rings (SSSR count). The lowest BCUT2D eigenvalue weighted by atomic mass is 10.1. The summed E-state index contributed by atoms with van der Waals surface area (Å²) in [5, 5.41) is 16.3. The van der Waals surface area contributed by atoms with Crippen molar-refractivity contribution < 1.29 is 19.8 Å². The number of anilines is 1. The van der Waals surface area contributed by atoms with E-state index in [9.17, 15) is 9.59 Å². The van der Waals surface area contributed by atoms with Crippen LogP contribution >= 0.6 is 11.6 Å². The Kier molecular flexibility index (Phi) is 6.16. The number of aliphatic carboxylic acids is 2. The maximum Gasteiger partial charge on any atom is 0.328 e. The summed E-state index contributed by atoms with van der Waals surface area (Å²) < 4.78 is 0. The number of hydrogen-bond acceptors (Lipinski definition) is 5. The van der Waals surface area contributed by atoms with Crippen molar-refractivity contribution in [3.8, 4) is 0 Å². The summed E-state index contributed by atoms with van der Waals surface area (Å²) in [6.45, 7) is 0.759. The molecule has 0 radical (unpaired) electrons. The number of rotatable bonds is 5. The fraction of sp³-hybridized carbons (Fsp3) is 0.438. The maximum atomic E-state index is 9.55. The fourth-order valence-corrected chi connectivity index (χ4v) is 3.26. The highest BCUT2D eigenvalue weighted by Gasteiger charge is 2.51. The molecule has 0 bridgehead atoms. The molecule has 7 nitrogen and oxygen atoms in total. The van der Waals surface area contributed by atoms with Gasteiger partial charge in [0.25, 0.3) is 0 Å². The number of aromatic nitrogens is 1. The van der Waals surface area contributed by atoms with Crippen molar-refractivity contribution in [2.75, 3.05) is 11.4 Å². The van der Waals surface area contributed by atoms with Gasteiger partial charge >= 0.3 is 11.9 Å². The van der Waals surface area contributed by atoms with Gasteiger partial charge in [0, 0.05) is 30.4 Å². The molecule has 1 aromatic heterocycles. The lowest BCUT2D eigenvalue weighted by Gasteiger charge is -2.29. The predicted molar refractivity (Wildman–Crippen MR) is 90.1 cm³/mol. The zero-order chi connectivity index (χ0) is 17.7. The highest BCUT2D eigenvalue weighted by atomic mass is 35.5. The van der Waals surface area contributed by atoms with E-state index in [1.165, 1.54) is 12.8 Å². The first kappa shape index (κ1) is 18.2.